The van der Waals surface area contributed by atoms with E-state index in [2.05, 4.69) is 14.9 Å². The smallest absolute Gasteiger partial charge is 0.282 e. The van der Waals surface area contributed by atoms with Gasteiger partial charge < -0.3 is 4.90 Å². The highest BCUT2D eigenvalue weighted by Crippen LogP contribution is 2.28. The van der Waals surface area contributed by atoms with Crippen LogP contribution in [-0.4, -0.2) is 22.8 Å². The van der Waals surface area contributed by atoms with Gasteiger partial charge in [-0.3, -0.25) is 4.79 Å². The highest BCUT2D eigenvalue weighted by molar-refractivity contribution is 6.05. The molecule has 1 aliphatic rings. The zero-order chi connectivity index (χ0) is 11.0. The maximum absolute atomic E-state index is 12.0. The molecule has 5 nitrogen and oxygen atoms in total. The van der Waals surface area contributed by atoms with Gasteiger partial charge in [-0.25, -0.2) is 4.63 Å². The number of para-hydroxylation sites is 1. The van der Waals surface area contributed by atoms with Crippen molar-refractivity contribution in [2.45, 2.75) is 6.42 Å². The molecule has 0 radical (unpaired) electrons. The average molecular weight is 215 g/mol. The molecule has 2 heterocycles. The van der Waals surface area contributed by atoms with Crippen molar-refractivity contribution in [3.8, 4) is 0 Å². The van der Waals surface area contributed by atoms with E-state index in [1.165, 1.54) is 11.8 Å². The summed E-state index contributed by atoms with van der Waals surface area (Å²) in [5, 5.41) is 6.99. The van der Waals surface area contributed by atoms with Gasteiger partial charge in [0, 0.05) is 12.2 Å². The van der Waals surface area contributed by atoms with Gasteiger partial charge in [0.05, 0.1) is 0 Å². The summed E-state index contributed by atoms with van der Waals surface area (Å²) in [5.74, 6) is -0.161. The van der Waals surface area contributed by atoms with E-state index in [0.717, 1.165) is 12.1 Å². The van der Waals surface area contributed by atoms with Gasteiger partial charge in [0.25, 0.3) is 5.91 Å². The summed E-state index contributed by atoms with van der Waals surface area (Å²) in [7, 11) is 0. The van der Waals surface area contributed by atoms with E-state index < -0.39 is 0 Å². The van der Waals surface area contributed by atoms with Crippen molar-refractivity contribution in [3.05, 3.63) is 41.7 Å². The van der Waals surface area contributed by atoms with Crippen molar-refractivity contribution in [2.24, 2.45) is 0 Å². The van der Waals surface area contributed by atoms with E-state index in [9.17, 15) is 4.79 Å². The Hall–Kier alpha value is -2.17. The lowest BCUT2D eigenvalue weighted by Gasteiger charge is -2.14. The first-order chi connectivity index (χ1) is 7.86. The molecule has 1 aromatic carbocycles. The Labute approximate surface area is 91.6 Å². The zero-order valence-electron chi connectivity index (χ0n) is 8.46. The molecule has 0 unspecified atom stereocenters. The average Bonchev–Trinajstić information content (AvgIpc) is 2.98. The van der Waals surface area contributed by atoms with Crippen LogP contribution in [0.25, 0.3) is 0 Å². The summed E-state index contributed by atoms with van der Waals surface area (Å²) in [5.41, 5.74) is 2.39. The number of rotatable bonds is 1. The number of nitrogens with zero attached hydrogens (tertiary/aromatic N) is 3. The topological polar surface area (TPSA) is 59.2 Å². The Morgan fingerprint density at radius 1 is 1.38 bits per heavy atom. The van der Waals surface area contributed by atoms with Crippen LogP contribution in [-0.2, 0) is 6.42 Å². The van der Waals surface area contributed by atoms with Gasteiger partial charge in [-0.1, -0.05) is 23.4 Å². The molecule has 1 aromatic heterocycles. The Kier molecular flexibility index (Phi) is 1.96. The standard InChI is InChI=1S/C11H9N3O2/c15-11(9-7-12-16-13-9)14-6-5-8-3-1-2-4-10(8)14/h1-4,7H,5-6H2. The SMILES string of the molecule is O=C(c1cnon1)N1CCc2ccccc21. The van der Waals surface area contributed by atoms with Crippen LogP contribution in [0, 0.1) is 0 Å². The molecule has 80 valence electrons. The number of carbonyl (C=O) groups is 1. The van der Waals surface area contributed by atoms with Gasteiger partial charge in [-0.2, -0.15) is 0 Å². The van der Waals surface area contributed by atoms with Gasteiger partial charge in [0.15, 0.2) is 5.69 Å². The summed E-state index contributed by atoms with van der Waals surface area (Å²) in [6.45, 7) is 0.686. The third-order valence-corrected chi connectivity index (χ3v) is 2.71. The first kappa shape index (κ1) is 9.08. The molecule has 1 aliphatic heterocycles. The lowest BCUT2D eigenvalue weighted by molar-refractivity contribution is 0.0980. The third-order valence-electron chi connectivity index (χ3n) is 2.71. The van der Waals surface area contributed by atoms with Crippen molar-refractivity contribution in [3.63, 3.8) is 0 Å². The molecule has 0 fully saturated rings. The molecule has 0 spiro atoms. The minimum absolute atomic E-state index is 0.161. The molecule has 0 saturated carbocycles. The zero-order valence-corrected chi connectivity index (χ0v) is 8.46. The van der Waals surface area contributed by atoms with Gasteiger partial charge in [-0.15, -0.1) is 0 Å². The van der Waals surface area contributed by atoms with Crippen molar-refractivity contribution in [1.29, 1.82) is 0 Å². The van der Waals surface area contributed by atoms with E-state index in [0.29, 0.717) is 6.54 Å². The van der Waals surface area contributed by atoms with Crippen LogP contribution in [0.3, 0.4) is 0 Å². The van der Waals surface area contributed by atoms with Crippen LogP contribution in [0.15, 0.2) is 35.1 Å². The van der Waals surface area contributed by atoms with E-state index in [1.54, 1.807) is 4.90 Å². The van der Waals surface area contributed by atoms with Crippen LogP contribution in [0.5, 0.6) is 0 Å². The van der Waals surface area contributed by atoms with Crippen LogP contribution in [0.4, 0.5) is 5.69 Å². The number of carbonyl (C=O) groups excluding carboxylic acids is 1. The van der Waals surface area contributed by atoms with Gasteiger partial charge in [0.2, 0.25) is 0 Å². The Morgan fingerprint density at radius 2 is 2.25 bits per heavy atom. The van der Waals surface area contributed by atoms with Crippen LogP contribution in [0.2, 0.25) is 0 Å². The molecule has 0 atom stereocenters. The summed E-state index contributed by atoms with van der Waals surface area (Å²) < 4.78 is 4.44. The molecule has 0 saturated heterocycles. The first-order valence-corrected chi connectivity index (χ1v) is 5.03. The fourth-order valence-corrected chi connectivity index (χ4v) is 1.95. The van der Waals surface area contributed by atoms with Gasteiger partial charge >= 0.3 is 0 Å². The highest BCUT2D eigenvalue weighted by Gasteiger charge is 2.26. The Morgan fingerprint density at radius 3 is 3.06 bits per heavy atom. The fraction of sp³-hybridized carbons (Fsp3) is 0.182. The number of fused-ring (bicyclic) bond motifs is 1. The molecular weight excluding hydrogens is 206 g/mol. The molecular formula is C11H9N3O2. The minimum Gasteiger partial charge on any atom is -0.306 e. The maximum Gasteiger partial charge on any atom is 0.282 e. The largest absolute Gasteiger partial charge is 0.306 e. The number of anilines is 1. The second-order valence-corrected chi connectivity index (χ2v) is 3.63. The normalized spacial score (nSPS) is 13.9. The van der Waals surface area contributed by atoms with Crippen molar-refractivity contribution < 1.29 is 9.42 Å². The monoisotopic (exact) mass is 215 g/mol. The van der Waals surface area contributed by atoms with Crippen molar-refractivity contribution in [2.75, 3.05) is 11.4 Å². The van der Waals surface area contributed by atoms with Crippen LogP contribution >= 0.6 is 0 Å². The number of benzene rings is 1. The van der Waals surface area contributed by atoms with Crippen molar-refractivity contribution in [1.82, 2.24) is 10.3 Å². The quantitative estimate of drug-likeness (QED) is 0.718. The summed E-state index contributed by atoms with van der Waals surface area (Å²) in [6, 6.07) is 7.87. The number of hydrogen-bond donors (Lipinski definition) is 0. The predicted molar refractivity (Wildman–Crippen MR) is 56.1 cm³/mol. The first-order valence-electron chi connectivity index (χ1n) is 5.03. The summed E-state index contributed by atoms with van der Waals surface area (Å²) in [6.07, 6.45) is 2.22. The van der Waals surface area contributed by atoms with E-state index in [1.807, 2.05) is 24.3 Å². The molecule has 0 N–H and O–H groups in total. The molecule has 1 amide bonds. The highest BCUT2D eigenvalue weighted by atomic mass is 16.6. The Balaban J connectivity index is 1.96. The molecule has 3 rings (SSSR count). The number of aromatic nitrogens is 2. The van der Waals surface area contributed by atoms with E-state index >= 15 is 0 Å². The predicted octanol–water partition coefficient (Wildman–Crippen LogP) is 1.27. The second-order valence-electron chi connectivity index (χ2n) is 3.63. The lowest BCUT2D eigenvalue weighted by Crippen LogP contribution is -2.29. The van der Waals surface area contributed by atoms with Gasteiger partial charge in [-0.05, 0) is 23.2 Å². The van der Waals surface area contributed by atoms with E-state index in [4.69, 9.17) is 0 Å². The lowest BCUT2D eigenvalue weighted by atomic mass is 10.2. The molecule has 5 heteroatoms. The van der Waals surface area contributed by atoms with Crippen molar-refractivity contribution >= 4 is 11.6 Å². The third kappa shape index (κ3) is 1.29. The second kappa shape index (κ2) is 3.44. The molecule has 16 heavy (non-hydrogen) atoms. The summed E-state index contributed by atoms with van der Waals surface area (Å²) in [4.78, 5) is 13.7. The fourth-order valence-electron chi connectivity index (χ4n) is 1.95. The molecule has 2 aromatic rings. The molecule has 0 aliphatic carbocycles. The van der Waals surface area contributed by atoms with E-state index in [-0.39, 0.29) is 11.6 Å². The van der Waals surface area contributed by atoms with Crippen LogP contribution in [0.1, 0.15) is 16.1 Å². The summed E-state index contributed by atoms with van der Waals surface area (Å²) >= 11 is 0. The Bertz CT molecular complexity index is 522. The minimum atomic E-state index is -0.161. The van der Waals surface area contributed by atoms with Gasteiger partial charge in [0.1, 0.15) is 6.20 Å². The molecule has 0 bridgehead atoms. The number of hydrogen-bond acceptors (Lipinski definition) is 4. The van der Waals surface area contributed by atoms with Crippen LogP contribution < -0.4 is 4.90 Å². The maximum atomic E-state index is 12.0. The number of amides is 1.